The highest BCUT2D eigenvalue weighted by atomic mass is 19.4. The highest BCUT2D eigenvalue weighted by Crippen LogP contribution is 2.31. The van der Waals surface area contributed by atoms with E-state index in [1.165, 1.54) is 26.0 Å². The molecule has 2 rings (SSSR count). The Kier molecular flexibility index (Phi) is 5.11. The topological polar surface area (TPSA) is 95.1 Å². The minimum atomic E-state index is -4.49. The number of aromatic nitrogens is 2. The molecule has 2 aromatic rings. The molecule has 0 spiro atoms. The predicted octanol–water partition coefficient (Wildman–Crippen LogP) is 3.24. The third kappa shape index (κ3) is 4.22. The van der Waals surface area contributed by atoms with Gasteiger partial charge in [-0.15, -0.1) is 0 Å². The third-order valence-corrected chi connectivity index (χ3v) is 3.83. The Bertz CT molecular complexity index is 841. The first-order chi connectivity index (χ1) is 11.9. The van der Waals surface area contributed by atoms with Crippen LogP contribution in [-0.2, 0) is 11.0 Å². The number of carbonyl (C=O) groups is 2. The molecule has 3 N–H and O–H groups in total. The Hall–Kier alpha value is -2.84. The van der Waals surface area contributed by atoms with Crippen molar-refractivity contribution in [3.8, 4) is 11.4 Å². The molecule has 1 amide bonds. The van der Waals surface area contributed by atoms with Gasteiger partial charge in [-0.3, -0.25) is 9.59 Å². The van der Waals surface area contributed by atoms with Crippen LogP contribution < -0.4 is 5.32 Å². The van der Waals surface area contributed by atoms with Crippen LogP contribution in [0.5, 0.6) is 0 Å². The van der Waals surface area contributed by atoms with Crippen molar-refractivity contribution in [2.75, 3.05) is 6.54 Å². The monoisotopic (exact) mass is 369 g/mol. The van der Waals surface area contributed by atoms with E-state index in [0.717, 1.165) is 12.1 Å². The van der Waals surface area contributed by atoms with E-state index in [9.17, 15) is 22.8 Å². The van der Waals surface area contributed by atoms with Gasteiger partial charge < -0.3 is 15.4 Å². The Morgan fingerprint density at radius 1 is 1.27 bits per heavy atom. The normalized spacial score (nSPS) is 12.1. The molecule has 0 aliphatic rings. The molecule has 0 unspecified atom stereocenters. The van der Waals surface area contributed by atoms with Gasteiger partial charge in [-0.1, -0.05) is 12.1 Å². The van der Waals surface area contributed by atoms with Crippen LogP contribution in [-0.4, -0.2) is 33.5 Å². The zero-order valence-electron chi connectivity index (χ0n) is 14.4. The number of alkyl halides is 3. The minimum absolute atomic E-state index is 0.00130. The smallest absolute Gasteiger partial charge is 0.416 e. The zero-order chi connectivity index (χ0) is 19.7. The van der Waals surface area contributed by atoms with Crippen molar-refractivity contribution in [2.24, 2.45) is 5.41 Å². The van der Waals surface area contributed by atoms with E-state index in [1.807, 2.05) is 0 Å². The fourth-order valence-corrected chi connectivity index (χ4v) is 2.12. The quantitative estimate of drug-likeness (QED) is 0.754. The SMILES string of the molecule is Cc1[nH]c(-c2cccc(C(F)(F)F)c2)nc1C(=O)NCC(C)(C)C(=O)O. The Morgan fingerprint density at radius 2 is 1.92 bits per heavy atom. The maximum absolute atomic E-state index is 12.8. The fraction of sp³-hybridized carbons (Fsp3) is 0.353. The molecule has 1 aromatic heterocycles. The number of H-pyrrole nitrogens is 1. The second-order valence-electron chi connectivity index (χ2n) is 6.51. The van der Waals surface area contributed by atoms with Crippen LogP contribution in [0.4, 0.5) is 13.2 Å². The molecule has 26 heavy (non-hydrogen) atoms. The first kappa shape index (κ1) is 19.5. The average Bonchev–Trinajstić information content (AvgIpc) is 2.94. The maximum Gasteiger partial charge on any atom is 0.416 e. The highest BCUT2D eigenvalue weighted by molar-refractivity contribution is 5.94. The number of aryl methyl sites for hydroxylation is 1. The number of imidazole rings is 1. The molecule has 0 aliphatic heterocycles. The lowest BCUT2D eigenvalue weighted by molar-refractivity contribution is -0.146. The average molecular weight is 369 g/mol. The van der Waals surface area contributed by atoms with Crippen molar-refractivity contribution in [3.63, 3.8) is 0 Å². The molecule has 0 saturated carbocycles. The van der Waals surface area contributed by atoms with Crippen LogP contribution in [0.3, 0.4) is 0 Å². The van der Waals surface area contributed by atoms with Crippen molar-refractivity contribution in [1.82, 2.24) is 15.3 Å². The number of carbonyl (C=O) groups excluding carboxylic acids is 1. The van der Waals surface area contributed by atoms with E-state index in [4.69, 9.17) is 5.11 Å². The molecular weight excluding hydrogens is 351 g/mol. The number of carboxylic acid groups (broad SMARTS) is 1. The van der Waals surface area contributed by atoms with Crippen molar-refractivity contribution < 1.29 is 27.9 Å². The summed E-state index contributed by atoms with van der Waals surface area (Å²) in [7, 11) is 0. The predicted molar refractivity (Wildman–Crippen MR) is 87.5 cm³/mol. The lowest BCUT2D eigenvalue weighted by Gasteiger charge is -2.19. The van der Waals surface area contributed by atoms with Gasteiger partial charge in [0.2, 0.25) is 0 Å². The summed E-state index contributed by atoms with van der Waals surface area (Å²) in [6, 6.07) is 4.59. The molecule has 0 radical (unpaired) electrons. The van der Waals surface area contributed by atoms with E-state index < -0.39 is 29.0 Å². The largest absolute Gasteiger partial charge is 0.481 e. The van der Waals surface area contributed by atoms with Crippen molar-refractivity contribution in [3.05, 3.63) is 41.2 Å². The number of rotatable bonds is 5. The summed E-state index contributed by atoms with van der Waals surface area (Å²) in [5.41, 5.74) is -1.43. The maximum atomic E-state index is 12.8. The molecule has 1 heterocycles. The molecule has 0 aliphatic carbocycles. The van der Waals surface area contributed by atoms with Crippen LogP contribution in [0.1, 0.15) is 35.6 Å². The van der Waals surface area contributed by atoms with Gasteiger partial charge in [-0.2, -0.15) is 13.2 Å². The van der Waals surface area contributed by atoms with Gasteiger partial charge in [-0.25, -0.2) is 4.98 Å². The third-order valence-electron chi connectivity index (χ3n) is 3.83. The number of hydrogen-bond donors (Lipinski definition) is 3. The molecule has 0 fully saturated rings. The molecular formula is C17H18F3N3O3. The number of halogens is 3. The van der Waals surface area contributed by atoms with Crippen LogP contribution in [0.2, 0.25) is 0 Å². The summed E-state index contributed by atoms with van der Waals surface area (Å²) in [4.78, 5) is 30.2. The van der Waals surface area contributed by atoms with E-state index in [-0.39, 0.29) is 23.6 Å². The lowest BCUT2D eigenvalue weighted by atomic mass is 9.94. The summed E-state index contributed by atoms with van der Waals surface area (Å²) in [5.74, 6) is -1.55. The number of nitrogens with zero attached hydrogens (tertiary/aromatic N) is 1. The van der Waals surface area contributed by atoms with Crippen molar-refractivity contribution in [1.29, 1.82) is 0 Å². The number of amides is 1. The van der Waals surface area contributed by atoms with Crippen LogP contribution >= 0.6 is 0 Å². The summed E-state index contributed by atoms with van der Waals surface area (Å²) in [6.45, 7) is 4.36. The summed E-state index contributed by atoms with van der Waals surface area (Å²) >= 11 is 0. The second kappa shape index (κ2) is 6.81. The van der Waals surface area contributed by atoms with Crippen molar-refractivity contribution >= 4 is 11.9 Å². The number of benzene rings is 1. The molecule has 1 aromatic carbocycles. The molecule has 0 atom stereocenters. The number of hydrogen-bond acceptors (Lipinski definition) is 3. The fourth-order valence-electron chi connectivity index (χ4n) is 2.12. The second-order valence-corrected chi connectivity index (χ2v) is 6.51. The van der Waals surface area contributed by atoms with E-state index in [0.29, 0.717) is 5.69 Å². The van der Waals surface area contributed by atoms with Gasteiger partial charge in [-0.05, 0) is 32.9 Å². The van der Waals surface area contributed by atoms with E-state index >= 15 is 0 Å². The van der Waals surface area contributed by atoms with Crippen LogP contribution in [0, 0.1) is 12.3 Å². The number of aliphatic carboxylic acids is 1. The summed E-state index contributed by atoms with van der Waals surface area (Å²) < 4.78 is 38.5. The van der Waals surface area contributed by atoms with Gasteiger partial charge >= 0.3 is 12.1 Å². The highest BCUT2D eigenvalue weighted by Gasteiger charge is 2.31. The van der Waals surface area contributed by atoms with Gasteiger partial charge in [0.15, 0.2) is 0 Å². The first-order valence-electron chi connectivity index (χ1n) is 7.67. The Balaban J connectivity index is 2.24. The first-order valence-corrected chi connectivity index (χ1v) is 7.67. The molecule has 9 heteroatoms. The van der Waals surface area contributed by atoms with Gasteiger partial charge in [0.05, 0.1) is 11.0 Å². The van der Waals surface area contributed by atoms with Gasteiger partial charge in [0, 0.05) is 17.8 Å². The Labute approximate surface area is 147 Å². The van der Waals surface area contributed by atoms with Gasteiger partial charge in [0.25, 0.3) is 5.91 Å². The number of nitrogens with one attached hydrogen (secondary N) is 2. The summed E-state index contributed by atoms with van der Waals surface area (Å²) in [6.07, 6.45) is -4.49. The van der Waals surface area contributed by atoms with Crippen LogP contribution in [0.15, 0.2) is 24.3 Å². The Morgan fingerprint density at radius 3 is 2.50 bits per heavy atom. The van der Waals surface area contributed by atoms with Gasteiger partial charge in [0.1, 0.15) is 11.5 Å². The molecule has 140 valence electrons. The van der Waals surface area contributed by atoms with Crippen LogP contribution in [0.25, 0.3) is 11.4 Å². The molecule has 0 saturated heterocycles. The number of aromatic amines is 1. The van der Waals surface area contributed by atoms with Crippen molar-refractivity contribution in [2.45, 2.75) is 26.9 Å². The molecule has 0 bridgehead atoms. The lowest BCUT2D eigenvalue weighted by Crippen LogP contribution is -2.39. The number of carboxylic acids is 1. The van der Waals surface area contributed by atoms with E-state index in [1.54, 1.807) is 6.92 Å². The standard InChI is InChI=1S/C17H18F3N3O3/c1-9-12(14(24)21-8-16(2,3)15(25)26)23-13(22-9)10-5-4-6-11(7-10)17(18,19)20/h4-7H,8H2,1-3H3,(H,21,24)(H,22,23)(H,25,26). The summed E-state index contributed by atoms with van der Waals surface area (Å²) in [5, 5.41) is 11.5. The van der Waals surface area contributed by atoms with E-state index in [2.05, 4.69) is 15.3 Å². The molecule has 6 nitrogen and oxygen atoms in total. The minimum Gasteiger partial charge on any atom is -0.481 e. The zero-order valence-corrected chi connectivity index (χ0v) is 14.4.